The molecular weight excluding hydrogens is 512 g/mol. The van der Waals surface area contributed by atoms with E-state index in [4.69, 9.17) is 4.74 Å². The van der Waals surface area contributed by atoms with Crippen molar-refractivity contribution in [2.45, 2.75) is 37.8 Å². The quantitative estimate of drug-likeness (QED) is 0.271. The molecule has 1 N–H and O–H groups in total. The number of rotatable bonds is 11. The Morgan fingerprint density at radius 1 is 0.842 bits per heavy atom. The average Bonchev–Trinajstić information content (AvgIpc) is 2.86. The lowest BCUT2D eigenvalue weighted by molar-refractivity contribution is -0.143. The lowest BCUT2D eigenvalue weighted by Crippen LogP contribution is -2.45. The highest BCUT2D eigenvalue weighted by Crippen LogP contribution is 2.37. The predicted molar refractivity (Wildman–Crippen MR) is 129 cm³/mol. The number of hydrogen-bond donors (Lipinski definition) is 1. The molecule has 0 aromatic heterocycles. The van der Waals surface area contributed by atoms with Gasteiger partial charge in [0.2, 0.25) is 0 Å². The SMILES string of the molecule is CCN(CC(=O)O)[C@H](COCc1cc(C(F)(F)F)cc(C(F)(F)F)c1)C(c1ccccc1)c1ccccc1. The highest BCUT2D eigenvalue weighted by molar-refractivity contribution is 5.69. The minimum atomic E-state index is -4.97. The van der Waals surface area contributed by atoms with Crippen molar-refractivity contribution in [1.82, 2.24) is 4.90 Å². The summed E-state index contributed by atoms with van der Waals surface area (Å²) in [6, 6.07) is 19.2. The number of hydrogen-bond acceptors (Lipinski definition) is 3. The summed E-state index contributed by atoms with van der Waals surface area (Å²) < 4.78 is 85.4. The number of carboxylic acids is 1. The van der Waals surface area contributed by atoms with Gasteiger partial charge in [-0.2, -0.15) is 26.3 Å². The van der Waals surface area contributed by atoms with E-state index < -0.39 is 42.1 Å². The van der Waals surface area contributed by atoms with Crippen LogP contribution >= 0.6 is 0 Å². The number of likely N-dealkylation sites (N-methyl/N-ethyl adjacent to an activating group) is 1. The largest absolute Gasteiger partial charge is 0.480 e. The summed E-state index contributed by atoms with van der Waals surface area (Å²) in [5, 5.41) is 9.51. The molecule has 0 aliphatic rings. The van der Waals surface area contributed by atoms with Gasteiger partial charge < -0.3 is 9.84 Å². The molecule has 0 saturated heterocycles. The van der Waals surface area contributed by atoms with Crippen molar-refractivity contribution >= 4 is 5.97 Å². The summed E-state index contributed by atoms with van der Waals surface area (Å²) in [4.78, 5) is 13.3. The van der Waals surface area contributed by atoms with Crippen molar-refractivity contribution in [3.05, 3.63) is 107 Å². The Morgan fingerprint density at radius 3 is 1.71 bits per heavy atom. The molecule has 10 heteroatoms. The Labute approximate surface area is 216 Å². The summed E-state index contributed by atoms with van der Waals surface area (Å²) in [7, 11) is 0. The zero-order valence-electron chi connectivity index (χ0n) is 20.5. The minimum Gasteiger partial charge on any atom is -0.480 e. The standard InChI is InChI=1S/C28H27F6NO3/c1-2-35(16-25(36)37)24(26(20-9-5-3-6-10-20)21-11-7-4-8-12-21)18-38-17-19-13-22(27(29,30)31)15-23(14-19)28(32,33)34/h3-15,24,26H,2,16-18H2,1H3,(H,36,37)/t24-/m1/s1. The van der Waals surface area contributed by atoms with Crippen LogP contribution in [0.1, 0.15) is 40.7 Å². The second-order valence-electron chi connectivity index (χ2n) is 8.75. The van der Waals surface area contributed by atoms with Crippen LogP contribution in [-0.4, -0.2) is 41.7 Å². The lowest BCUT2D eigenvalue weighted by atomic mass is 9.84. The molecule has 3 aromatic carbocycles. The monoisotopic (exact) mass is 539 g/mol. The first kappa shape index (κ1) is 29.2. The fraction of sp³-hybridized carbons (Fsp3) is 0.321. The number of alkyl halides is 6. The number of nitrogens with zero attached hydrogens (tertiary/aromatic N) is 1. The number of ether oxygens (including phenoxy) is 1. The van der Waals surface area contributed by atoms with E-state index in [1.54, 1.807) is 11.8 Å². The minimum absolute atomic E-state index is 0.0683. The van der Waals surface area contributed by atoms with Crippen molar-refractivity contribution in [3.8, 4) is 0 Å². The van der Waals surface area contributed by atoms with Crippen molar-refractivity contribution in [2.24, 2.45) is 0 Å². The van der Waals surface area contributed by atoms with Crippen LogP contribution < -0.4 is 0 Å². The molecule has 0 heterocycles. The number of halogens is 6. The molecule has 1 atom stereocenters. The fourth-order valence-corrected chi connectivity index (χ4v) is 4.41. The van der Waals surface area contributed by atoms with E-state index in [9.17, 15) is 36.2 Å². The molecule has 0 unspecified atom stereocenters. The summed E-state index contributed by atoms with van der Waals surface area (Å²) in [6.07, 6.45) is -9.94. The first-order valence-corrected chi connectivity index (χ1v) is 11.8. The van der Waals surface area contributed by atoms with Crippen LogP contribution in [0.2, 0.25) is 0 Å². The normalized spacial score (nSPS) is 13.2. The van der Waals surface area contributed by atoms with E-state index in [-0.39, 0.29) is 30.7 Å². The van der Waals surface area contributed by atoms with Crippen LogP contribution in [0.25, 0.3) is 0 Å². The van der Waals surface area contributed by atoms with Crippen molar-refractivity contribution in [3.63, 3.8) is 0 Å². The maximum Gasteiger partial charge on any atom is 0.416 e. The second-order valence-corrected chi connectivity index (χ2v) is 8.75. The Balaban J connectivity index is 1.96. The molecule has 3 aromatic rings. The first-order chi connectivity index (χ1) is 17.9. The molecule has 0 aliphatic carbocycles. The highest BCUT2D eigenvalue weighted by Gasteiger charge is 2.37. The molecule has 0 fully saturated rings. The van der Waals surface area contributed by atoms with Gasteiger partial charge in [-0.1, -0.05) is 67.6 Å². The number of aliphatic carboxylic acids is 1. The maximum atomic E-state index is 13.3. The Kier molecular flexibility index (Phi) is 9.56. The summed E-state index contributed by atoms with van der Waals surface area (Å²) in [5.41, 5.74) is -1.42. The van der Waals surface area contributed by atoms with Gasteiger partial charge in [-0.25, -0.2) is 0 Å². The van der Waals surface area contributed by atoms with Gasteiger partial charge in [0.05, 0.1) is 30.9 Å². The number of carbonyl (C=O) groups is 1. The van der Waals surface area contributed by atoms with Gasteiger partial charge in [0, 0.05) is 12.0 Å². The number of benzene rings is 3. The predicted octanol–water partition coefficient (Wildman–Crippen LogP) is 6.85. The molecule has 0 saturated carbocycles. The third kappa shape index (κ3) is 7.82. The van der Waals surface area contributed by atoms with Crippen LogP contribution in [0.3, 0.4) is 0 Å². The Hall–Kier alpha value is -3.37. The molecule has 4 nitrogen and oxygen atoms in total. The fourth-order valence-electron chi connectivity index (χ4n) is 4.41. The van der Waals surface area contributed by atoms with Crippen LogP contribution in [0.15, 0.2) is 78.9 Å². The van der Waals surface area contributed by atoms with Gasteiger partial charge in [0.25, 0.3) is 0 Å². The van der Waals surface area contributed by atoms with E-state index >= 15 is 0 Å². The summed E-state index contributed by atoms with van der Waals surface area (Å²) >= 11 is 0. The van der Waals surface area contributed by atoms with Gasteiger partial charge >= 0.3 is 18.3 Å². The molecular formula is C28H27F6NO3. The van der Waals surface area contributed by atoms with E-state index in [0.717, 1.165) is 11.1 Å². The molecule has 204 valence electrons. The molecule has 0 amide bonds. The van der Waals surface area contributed by atoms with Gasteiger partial charge in [-0.05, 0) is 41.4 Å². The van der Waals surface area contributed by atoms with Gasteiger partial charge in [-0.3, -0.25) is 9.69 Å². The van der Waals surface area contributed by atoms with E-state index in [1.807, 2.05) is 60.7 Å². The molecule has 0 aliphatic heterocycles. The lowest BCUT2D eigenvalue weighted by Gasteiger charge is -2.36. The Bertz CT molecular complexity index is 1110. The maximum absolute atomic E-state index is 13.3. The molecule has 0 spiro atoms. The molecule has 38 heavy (non-hydrogen) atoms. The van der Waals surface area contributed by atoms with Gasteiger partial charge in [0.1, 0.15) is 0 Å². The van der Waals surface area contributed by atoms with Crippen LogP contribution in [-0.2, 0) is 28.5 Å². The number of carboxylic acid groups (broad SMARTS) is 1. The third-order valence-corrected chi connectivity index (χ3v) is 6.12. The second kappa shape index (κ2) is 12.4. The van der Waals surface area contributed by atoms with Crippen molar-refractivity contribution < 1.29 is 41.0 Å². The third-order valence-electron chi connectivity index (χ3n) is 6.12. The summed E-state index contributed by atoms with van der Waals surface area (Å²) in [5.74, 6) is -1.46. The van der Waals surface area contributed by atoms with Gasteiger partial charge in [0.15, 0.2) is 0 Å². The Morgan fingerprint density at radius 2 is 1.32 bits per heavy atom. The summed E-state index contributed by atoms with van der Waals surface area (Å²) in [6.45, 7) is 1.09. The first-order valence-electron chi connectivity index (χ1n) is 11.8. The zero-order valence-corrected chi connectivity index (χ0v) is 20.5. The van der Waals surface area contributed by atoms with E-state index in [1.165, 1.54) is 0 Å². The highest BCUT2D eigenvalue weighted by atomic mass is 19.4. The molecule has 3 rings (SSSR count). The van der Waals surface area contributed by atoms with Crippen molar-refractivity contribution in [1.29, 1.82) is 0 Å². The van der Waals surface area contributed by atoms with E-state index in [0.29, 0.717) is 18.7 Å². The molecule has 0 bridgehead atoms. The van der Waals surface area contributed by atoms with E-state index in [2.05, 4.69) is 0 Å². The van der Waals surface area contributed by atoms with Crippen LogP contribution in [0, 0.1) is 0 Å². The van der Waals surface area contributed by atoms with Crippen LogP contribution in [0.4, 0.5) is 26.3 Å². The zero-order chi connectivity index (χ0) is 27.9. The van der Waals surface area contributed by atoms with Crippen molar-refractivity contribution in [2.75, 3.05) is 19.7 Å². The smallest absolute Gasteiger partial charge is 0.416 e. The molecule has 0 radical (unpaired) electrons. The van der Waals surface area contributed by atoms with Crippen LogP contribution in [0.5, 0.6) is 0 Å². The van der Waals surface area contributed by atoms with Gasteiger partial charge in [-0.15, -0.1) is 0 Å². The average molecular weight is 540 g/mol. The topological polar surface area (TPSA) is 49.8 Å².